The first kappa shape index (κ1) is 21.7. The third-order valence-corrected chi connectivity index (χ3v) is 6.48. The first-order valence-electron chi connectivity index (χ1n) is 11.1. The Hall–Kier alpha value is -4.13. The lowest BCUT2D eigenvalue weighted by Crippen LogP contribution is -2.47. The largest absolute Gasteiger partial charge is 0.493 e. The zero-order valence-electron chi connectivity index (χ0n) is 19.0. The number of hydrogen-bond donors (Lipinski definition) is 0. The molecule has 5 rings (SSSR count). The van der Waals surface area contributed by atoms with Gasteiger partial charge in [0.25, 0.3) is 11.8 Å². The molecule has 0 saturated carbocycles. The van der Waals surface area contributed by atoms with E-state index in [9.17, 15) is 14.4 Å². The summed E-state index contributed by atoms with van der Waals surface area (Å²) in [5.41, 5.74) is 3.61. The number of methoxy groups -OCH3 is 2. The van der Waals surface area contributed by atoms with E-state index in [1.165, 1.54) is 0 Å². The van der Waals surface area contributed by atoms with Gasteiger partial charge in [0.2, 0.25) is 5.91 Å². The fourth-order valence-corrected chi connectivity index (χ4v) is 4.82. The molecule has 3 aromatic carbocycles. The highest BCUT2D eigenvalue weighted by Crippen LogP contribution is 2.41. The van der Waals surface area contributed by atoms with Crippen molar-refractivity contribution in [3.8, 4) is 11.5 Å². The molecule has 7 heteroatoms. The molecule has 0 saturated heterocycles. The number of carbonyl (C=O) groups excluding carboxylic acids is 3. The molecule has 2 aliphatic heterocycles. The van der Waals surface area contributed by atoms with E-state index in [4.69, 9.17) is 9.47 Å². The zero-order valence-corrected chi connectivity index (χ0v) is 19.0. The highest BCUT2D eigenvalue weighted by molar-refractivity contribution is 6.22. The van der Waals surface area contributed by atoms with Crippen molar-refractivity contribution >= 4 is 17.7 Å². The van der Waals surface area contributed by atoms with Crippen LogP contribution >= 0.6 is 0 Å². The molecule has 0 spiro atoms. The van der Waals surface area contributed by atoms with E-state index in [1.807, 2.05) is 42.5 Å². The third-order valence-electron chi connectivity index (χ3n) is 6.48. The lowest BCUT2D eigenvalue weighted by Gasteiger charge is -2.38. The average Bonchev–Trinajstić information content (AvgIpc) is 3.12. The highest BCUT2D eigenvalue weighted by Gasteiger charge is 2.39. The molecule has 34 heavy (non-hydrogen) atoms. The molecular weight excluding hydrogens is 432 g/mol. The van der Waals surface area contributed by atoms with Gasteiger partial charge >= 0.3 is 0 Å². The van der Waals surface area contributed by atoms with E-state index in [-0.39, 0.29) is 18.5 Å². The maximum absolute atomic E-state index is 13.6. The Morgan fingerprint density at radius 2 is 1.47 bits per heavy atom. The molecule has 0 N–H and O–H groups in total. The van der Waals surface area contributed by atoms with Crippen LogP contribution in [0.15, 0.2) is 66.7 Å². The topological polar surface area (TPSA) is 76.2 Å². The molecular formula is C27H24N2O5. The molecule has 0 fully saturated rings. The molecule has 3 aromatic rings. The monoisotopic (exact) mass is 456 g/mol. The number of rotatable bonds is 5. The Morgan fingerprint density at radius 1 is 0.882 bits per heavy atom. The summed E-state index contributed by atoms with van der Waals surface area (Å²) in [4.78, 5) is 42.0. The van der Waals surface area contributed by atoms with Gasteiger partial charge in [0.05, 0.1) is 31.4 Å². The van der Waals surface area contributed by atoms with Gasteiger partial charge < -0.3 is 14.4 Å². The van der Waals surface area contributed by atoms with Crippen LogP contribution in [0, 0.1) is 0 Å². The summed E-state index contributed by atoms with van der Waals surface area (Å²) in [6.07, 6.45) is 0.618. The zero-order chi connectivity index (χ0) is 23.8. The molecule has 172 valence electrons. The van der Waals surface area contributed by atoms with E-state index >= 15 is 0 Å². The van der Waals surface area contributed by atoms with Gasteiger partial charge in [0.1, 0.15) is 6.54 Å². The van der Waals surface area contributed by atoms with E-state index in [0.717, 1.165) is 21.6 Å². The van der Waals surface area contributed by atoms with E-state index in [2.05, 4.69) is 0 Å². The maximum Gasteiger partial charge on any atom is 0.262 e. The average molecular weight is 456 g/mol. The first-order chi connectivity index (χ1) is 16.5. The van der Waals surface area contributed by atoms with Gasteiger partial charge in [-0.05, 0) is 47.4 Å². The Labute approximate surface area is 197 Å². The summed E-state index contributed by atoms with van der Waals surface area (Å²) < 4.78 is 11.0. The minimum absolute atomic E-state index is 0.288. The van der Waals surface area contributed by atoms with Crippen LogP contribution in [-0.4, -0.2) is 54.8 Å². The minimum Gasteiger partial charge on any atom is -0.493 e. The van der Waals surface area contributed by atoms with Crippen molar-refractivity contribution < 1.29 is 23.9 Å². The molecule has 2 heterocycles. The highest BCUT2D eigenvalue weighted by atomic mass is 16.5. The van der Waals surface area contributed by atoms with Crippen LogP contribution < -0.4 is 9.47 Å². The Bertz CT molecular complexity index is 1250. The standard InChI is InChI=1S/C27H24N2O5/c1-33-22-14-18-12-13-28(25(17-8-4-3-5-9-17)21(18)15-23(22)34-2)24(30)16-29-26(31)19-10-6-7-11-20(19)27(29)32/h3-11,14-15,25H,12-13,16H2,1-2H3/t25-/m0/s1. The Kier molecular flexibility index (Phi) is 5.53. The van der Waals surface area contributed by atoms with Crippen LogP contribution in [-0.2, 0) is 11.2 Å². The second-order valence-corrected chi connectivity index (χ2v) is 8.30. The molecule has 1 atom stereocenters. The number of fused-ring (bicyclic) bond motifs is 2. The minimum atomic E-state index is -0.436. The van der Waals surface area contributed by atoms with Gasteiger partial charge in [-0.25, -0.2) is 0 Å². The normalized spacial score (nSPS) is 16.8. The van der Waals surface area contributed by atoms with Crippen LogP contribution in [0.5, 0.6) is 11.5 Å². The molecule has 2 aliphatic rings. The molecule has 0 bridgehead atoms. The number of ether oxygens (including phenoxy) is 2. The number of benzene rings is 3. The van der Waals surface area contributed by atoms with Crippen molar-refractivity contribution in [1.29, 1.82) is 0 Å². The Balaban J connectivity index is 1.51. The molecule has 0 aliphatic carbocycles. The van der Waals surface area contributed by atoms with Crippen molar-refractivity contribution in [1.82, 2.24) is 9.80 Å². The molecule has 3 amide bonds. The van der Waals surface area contributed by atoms with Gasteiger partial charge in [-0.2, -0.15) is 0 Å². The second kappa shape index (κ2) is 8.67. The summed E-state index contributed by atoms with van der Waals surface area (Å²) in [6.45, 7) is 0.141. The first-order valence-corrected chi connectivity index (χ1v) is 11.1. The van der Waals surface area contributed by atoms with Gasteiger partial charge in [0.15, 0.2) is 11.5 Å². The van der Waals surface area contributed by atoms with E-state index < -0.39 is 11.8 Å². The van der Waals surface area contributed by atoms with Crippen LogP contribution in [0.25, 0.3) is 0 Å². The maximum atomic E-state index is 13.6. The van der Waals surface area contributed by atoms with Crippen molar-refractivity contribution in [3.63, 3.8) is 0 Å². The van der Waals surface area contributed by atoms with Crippen LogP contribution in [0.2, 0.25) is 0 Å². The Morgan fingerprint density at radius 3 is 2.09 bits per heavy atom. The molecule has 0 radical (unpaired) electrons. The number of amides is 3. The SMILES string of the molecule is COc1cc2c(cc1OC)[C@H](c1ccccc1)N(C(=O)CN1C(=O)c3ccccc3C1=O)CC2. The molecule has 0 aromatic heterocycles. The molecule has 7 nitrogen and oxygen atoms in total. The number of hydrogen-bond acceptors (Lipinski definition) is 5. The quantitative estimate of drug-likeness (QED) is 0.550. The van der Waals surface area contributed by atoms with E-state index in [0.29, 0.717) is 35.6 Å². The van der Waals surface area contributed by atoms with Crippen molar-refractivity contribution in [2.24, 2.45) is 0 Å². The van der Waals surface area contributed by atoms with Crippen LogP contribution in [0.1, 0.15) is 43.4 Å². The van der Waals surface area contributed by atoms with Gasteiger partial charge in [0, 0.05) is 6.54 Å². The smallest absolute Gasteiger partial charge is 0.262 e. The summed E-state index contributed by atoms with van der Waals surface area (Å²) in [6, 6.07) is 19.9. The van der Waals surface area contributed by atoms with Crippen LogP contribution in [0.4, 0.5) is 0 Å². The number of nitrogens with zero attached hydrogens (tertiary/aromatic N) is 2. The van der Waals surface area contributed by atoms with Crippen LogP contribution in [0.3, 0.4) is 0 Å². The lowest BCUT2D eigenvalue weighted by molar-refractivity contribution is -0.133. The predicted octanol–water partition coefficient (Wildman–Crippen LogP) is 3.47. The molecule has 0 unspecified atom stereocenters. The lowest BCUT2D eigenvalue weighted by atomic mass is 9.87. The number of imide groups is 1. The third kappa shape index (κ3) is 3.50. The summed E-state index contributed by atoms with van der Waals surface area (Å²) in [5.74, 6) is 0.0579. The van der Waals surface area contributed by atoms with E-state index in [1.54, 1.807) is 43.4 Å². The van der Waals surface area contributed by atoms with Crippen molar-refractivity contribution in [2.75, 3.05) is 27.3 Å². The van der Waals surface area contributed by atoms with Crippen molar-refractivity contribution in [3.05, 3.63) is 94.5 Å². The fraction of sp³-hybridized carbons (Fsp3) is 0.222. The fourth-order valence-electron chi connectivity index (χ4n) is 4.82. The van der Waals surface area contributed by atoms with Gasteiger partial charge in [-0.1, -0.05) is 42.5 Å². The van der Waals surface area contributed by atoms with Gasteiger partial charge in [-0.15, -0.1) is 0 Å². The summed E-state index contributed by atoms with van der Waals surface area (Å²) in [5, 5.41) is 0. The summed E-state index contributed by atoms with van der Waals surface area (Å²) in [7, 11) is 3.18. The van der Waals surface area contributed by atoms with Crippen molar-refractivity contribution in [2.45, 2.75) is 12.5 Å². The predicted molar refractivity (Wildman–Crippen MR) is 125 cm³/mol. The van der Waals surface area contributed by atoms with Gasteiger partial charge in [-0.3, -0.25) is 19.3 Å². The second-order valence-electron chi connectivity index (χ2n) is 8.30. The number of carbonyl (C=O) groups is 3. The summed E-state index contributed by atoms with van der Waals surface area (Å²) >= 11 is 0.